The maximum atomic E-state index is 12.1. The van der Waals surface area contributed by atoms with Crippen molar-refractivity contribution >= 4 is 18.1 Å². The number of carbonyl (C=O) groups excluding carboxylic acids is 2. The summed E-state index contributed by atoms with van der Waals surface area (Å²) < 4.78 is 10.1. The van der Waals surface area contributed by atoms with E-state index in [9.17, 15) is 9.59 Å². The number of nitrogens with two attached hydrogens (primary N) is 1. The molecule has 1 saturated heterocycles. The van der Waals surface area contributed by atoms with E-state index in [2.05, 4.69) is 5.32 Å². The van der Waals surface area contributed by atoms with Crippen LogP contribution in [0.5, 0.6) is 0 Å². The molecule has 1 atom stereocenters. The van der Waals surface area contributed by atoms with E-state index < -0.39 is 12.0 Å². The van der Waals surface area contributed by atoms with Crippen LogP contribution in [0.3, 0.4) is 0 Å². The van der Waals surface area contributed by atoms with Crippen molar-refractivity contribution < 1.29 is 19.1 Å². The van der Waals surface area contributed by atoms with Crippen LogP contribution >= 0.6 is 0 Å². The molecule has 7 heteroatoms. The summed E-state index contributed by atoms with van der Waals surface area (Å²) in [6.07, 6.45) is 3.30. The molecule has 0 aromatic rings. The molecule has 1 heterocycles. The van der Waals surface area contributed by atoms with Gasteiger partial charge in [0, 0.05) is 37.1 Å². The number of carbonyl (C=O) groups is 2. The van der Waals surface area contributed by atoms with E-state index in [1.54, 1.807) is 6.92 Å². The first-order valence-electron chi connectivity index (χ1n) is 6.61. The predicted octanol–water partition coefficient (Wildman–Crippen LogP) is -0.0469. The van der Waals surface area contributed by atoms with Crippen molar-refractivity contribution in [1.82, 2.24) is 5.32 Å². The predicted molar refractivity (Wildman–Crippen MR) is 73.2 cm³/mol. The first kappa shape index (κ1) is 16.2. The molecule has 1 unspecified atom stereocenters. The molecule has 1 amide bonds. The third-order valence-corrected chi connectivity index (χ3v) is 3.09. The molecule has 1 fully saturated rings. The van der Waals surface area contributed by atoms with E-state index in [0.717, 1.165) is 12.4 Å². The van der Waals surface area contributed by atoms with E-state index in [0.29, 0.717) is 26.1 Å². The molecule has 112 valence electrons. The van der Waals surface area contributed by atoms with Gasteiger partial charge in [0.05, 0.1) is 6.61 Å². The van der Waals surface area contributed by atoms with Crippen LogP contribution in [0.1, 0.15) is 19.8 Å². The zero-order valence-corrected chi connectivity index (χ0v) is 11.6. The van der Waals surface area contributed by atoms with Crippen molar-refractivity contribution in [2.45, 2.75) is 25.8 Å². The largest absolute Gasteiger partial charge is 0.464 e. The van der Waals surface area contributed by atoms with E-state index in [4.69, 9.17) is 20.6 Å². The molecule has 1 aliphatic rings. The lowest BCUT2D eigenvalue weighted by molar-refractivity contribution is -0.146. The van der Waals surface area contributed by atoms with Crippen LogP contribution in [0.2, 0.25) is 0 Å². The molecular formula is C13H21N3O4. The van der Waals surface area contributed by atoms with Crippen LogP contribution in [0.15, 0.2) is 11.8 Å². The lowest BCUT2D eigenvalue weighted by atomic mass is 9.98. The van der Waals surface area contributed by atoms with Crippen molar-refractivity contribution in [3.8, 4) is 0 Å². The second-order valence-electron chi connectivity index (χ2n) is 4.39. The highest BCUT2D eigenvalue weighted by Crippen LogP contribution is 2.15. The van der Waals surface area contributed by atoms with Crippen molar-refractivity contribution in [3.63, 3.8) is 0 Å². The number of amides is 1. The summed E-state index contributed by atoms with van der Waals surface area (Å²) in [6.45, 7) is 2.93. The molecular weight excluding hydrogens is 262 g/mol. The maximum Gasteiger partial charge on any atom is 0.333 e. The Balaban J connectivity index is 2.75. The van der Waals surface area contributed by atoms with Crippen LogP contribution in [0.25, 0.3) is 0 Å². The molecule has 0 aliphatic carbocycles. The average Bonchev–Trinajstić information content (AvgIpc) is 2.48. The third-order valence-electron chi connectivity index (χ3n) is 3.09. The first-order chi connectivity index (χ1) is 9.63. The minimum Gasteiger partial charge on any atom is -0.464 e. The second-order valence-corrected chi connectivity index (χ2v) is 4.39. The van der Waals surface area contributed by atoms with E-state index in [-0.39, 0.29) is 24.0 Å². The van der Waals surface area contributed by atoms with Gasteiger partial charge in [0.15, 0.2) is 6.04 Å². The van der Waals surface area contributed by atoms with Crippen LogP contribution in [-0.2, 0) is 19.1 Å². The fourth-order valence-corrected chi connectivity index (χ4v) is 1.95. The van der Waals surface area contributed by atoms with Crippen LogP contribution in [-0.4, -0.2) is 44.0 Å². The fraction of sp³-hybridized carbons (Fsp3) is 0.615. The molecule has 20 heavy (non-hydrogen) atoms. The zero-order valence-electron chi connectivity index (χ0n) is 11.6. The number of hydrogen-bond donors (Lipinski definition) is 3. The molecule has 4 N–H and O–H groups in total. The molecule has 7 nitrogen and oxygen atoms in total. The standard InChI is InChI=1S/C13H21N3O4/c1-2-20-13(18)11(10(7-14)8-15)16-12(17)9-3-5-19-6-4-9/h7-9,11,14H,2-6,15H2,1H3,(H,16,17)/b10-8+,14-7?. The minimum absolute atomic E-state index is 0.189. The van der Waals surface area contributed by atoms with Crippen molar-refractivity contribution in [3.05, 3.63) is 11.8 Å². The Hall–Kier alpha value is -1.89. The SMILES string of the molecule is CCOC(=O)C(NC(=O)C1CCOCC1)/C(C=N)=C/N. The lowest BCUT2D eigenvalue weighted by Gasteiger charge is -2.24. The van der Waals surface area contributed by atoms with E-state index in [1.807, 2.05) is 0 Å². The Morgan fingerprint density at radius 3 is 2.65 bits per heavy atom. The average molecular weight is 283 g/mol. The molecule has 0 aromatic carbocycles. The highest BCUT2D eigenvalue weighted by Gasteiger charge is 2.29. The van der Waals surface area contributed by atoms with Gasteiger partial charge in [-0.1, -0.05) is 0 Å². The lowest BCUT2D eigenvalue weighted by Crippen LogP contribution is -2.47. The van der Waals surface area contributed by atoms with Crippen molar-refractivity contribution in [2.75, 3.05) is 19.8 Å². The van der Waals surface area contributed by atoms with Gasteiger partial charge in [-0.15, -0.1) is 0 Å². The van der Waals surface area contributed by atoms with Gasteiger partial charge in [0.25, 0.3) is 0 Å². The summed E-state index contributed by atoms with van der Waals surface area (Å²) in [7, 11) is 0. The van der Waals surface area contributed by atoms with Gasteiger partial charge in [-0.3, -0.25) is 4.79 Å². The second kappa shape index (κ2) is 8.31. The first-order valence-corrected chi connectivity index (χ1v) is 6.61. The van der Waals surface area contributed by atoms with Gasteiger partial charge >= 0.3 is 5.97 Å². The number of rotatable bonds is 6. The highest BCUT2D eigenvalue weighted by molar-refractivity contribution is 5.95. The van der Waals surface area contributed by atoms with E-state index in [1.165, 1.54) is 0 Å². The minimum atomic E-state index is -1.03. The summed E-state index contributed by atoms with van der Waals surface area (Å²) in [6, 6.07) is -1.03. The van der Waals surface area contributed by atoms with Gasteiger partial charge in [0.2, 0.25) is 5.91 Å². The number of hydrogen-bond acceptors (Lipinski definition) is 6. The molecule has 1 rings (SSSR count). The summed E-state index contributed by atoms with van der Waals surface area (Å²) in [4.78, 5) is 24.0. The highest BCUT2D eigenvalue weighted by atomic mass is 16.5. The van der Waals surface area contributed by atoms with Gasteiger partial charge in [-0.25, -0.2) is 4.79 Å². The summed E-state index contributed by atoms with van der Waals surface area (Å²) >= 11 is 0. The maximum absolute atomic E-state index is 12.1. The van der Waals surface area contributed by atoms with Crippen LogP contribution in [0, 0.1) is 11.3 Å². The molecule has 0 radical (unpaired) electrons. The zero-order chi connectivity index (χ0) is 15.0. The van der Waals surface area contributed by atoms with Crippen LogP contribution < -0.4 is 11.1 Å². The number of nitrogens with one attached hydrogen (secondary N) is 2. The smallest absolute Gasteiger partial charge is 0.333 e. The summed E-state index contributed by atoms with van der Waals surface area (Å²) in [5.41, 5.74) is 5.58. The Morgan fingerprint density at radius 2 is 2.15 bits per heavy atom. The number of esters is 1. The normalized spacial score (nSPS) is 18.1. The Bertz CT molecular complexity index is 389. The Kier molecular flexibility index (Phi) is 6.72. The van der Waals surface area contributed by atoms with E-state index >= 15 is 0 Å². The Morgan fingerprint density at radius 1 is 1.50 bits per heavy atom. The van der Waals surface area contributed by atoms with Crippen molar-refractivity contribution in [1.29, 1.82) is 5.41 Å². The fourth-order valence-electron chi connectivity index (χ4n) is 1.95. The molecule has 0 bridgehead atoms. The van der Waals surface area contributed by atoms with Crippen LogP contribution in [0.4, 0.5) is 0 Å². The van der Waals surface area contributed by atoms with Gasteiger partial charge in [0.1, 0.15) is 0 Å². The summed E-state index contributed by atoms with van der Waals surface area (Å²) in [5.74, 6) is -1.05. The van der Waals surface area contributed by atoms with Crippen molar-refractivity contribution in [2.24, 2.45) is 11.7 Å². The Labute approximate surface area is 118 Å². The third kappa shape index (κ3) is 4.34. The molecule has 0 saturated carbocycles. The number of ether oxygens (including phenoxy) is 2. The quantitative estimate of drug-likeness (QED) is 0.467. The topological polar surface area (TPSA) is 114 Å². The summed E-state index contributed by atoms with van der Waals surface area (Å²) in [5, 5.41) is 9.86. The van der Waals surface area contributed by atoms with Gasteiger partial charge < -0.3 is 25.9 Å². The van der Waals surface area contributed by atoms with Gasteiger partial charge in [-0.05, 0) is 19.8 Å². The van der Waals surface area contributed by atoms with Gasteiger partial charge in [-0.2, -0.15) is 0 Å². The molecule has 0 spiro atoms. The molecule has 0 aromatic heterocycles. The molecule has 1 aliphatic heterocycles. The monoisotopic (exact) mass is 283 g/mol.